The number of aromatic nitrogens is 2. The van der Waals surface area contributed by atoms with Crippen LogP contribution in [-0.4, -0.2) is 21.8 Å². The van der Waals surface area contributed by atoms with Crippen LogP contribution in [0.2, 0.25) is 0 Å². The van der Waals surface area contributed by atoms with Gasteiger partial charge in [0.25, 0.3) is 0 Å². The first-order chi connectivity index (χ1) is 9.08. The molecule has 5 N–H and O–H groups in total. The maximum Gasteiger partial charge on any atom is 0.217 e. The minimum Gasteiger partial charge on any atom is -0.382 e. The molecule has 0 unspecified atom stereocenters. The van der Waals surface area contributed by atoms with Crippen LogP contribution in [0.25, 0.3) is 11.3 Å². The number of amides is 1. The van der Waals surface area contributed by atoms with Crippen molar-refractivity contribution in [3.8, 4) is 11.3 Å². The first kappa shape index (κ1) is 13.8. The van der Waals surface area contributed by atoms with Gasteiger partial charge in [0.05, 0.1) is 16.3 Å². The van der Waals surface area contributed by atoms with E-state index in [1.807, 2.05) is 12.3 Å². The molecule has 0 saturated heterocycles. The number of nitrogens with one attached hydrogen (secondary N) is 1. The highest BCUT2D eigenvalue weighted by Gasteiger charge is 2.15. The molecule has 1 amide bonds. The number of thiazole rings is 1. The average molecular weight is 297 g/mol. The van der Waals surface area contributed by atoms with E-state index in [4.69, 9.17) is 11.5 Å². The first-order valence-electron chi connectivity index (χ1n) is 5.77. The molecule has 0 aliphatic heterocycles. The predicted octanol–water partition coefficient (Wildman–Crippen LogP) is 1.83. The van der Waals surface area contributed by atoms with Crippen LogP contribution in [0.1, 0.15) is 17.8 Å². The Labute approximate surface area is 119 Å². The van der Waals surface area contributed by atoms with E-state index >= 15 is 0 Å². The number of nitrogens with zero attached hydrogens (tertiary/aromatic N) is 2. The molecule has 19 heavy (non-hydrogen) atoms. The molecule has 0 spiro atoms. The smallest absolute Gasteiger partial charge is 0.217 e. The van der Waals surface area contributed by atoms with Gasteiger partial charge in [0.2, 0.25) is 5.91 Å². The zero-order chi connectivity index (χ0) is 13.8. The first-order valence-corrected chi connectivity index (χ1v) is 7.43. The SMILES string of the molecule is Cc1nc(-c2c(N)nsc2NCCCC(N)=O)cs1. The second-order valence-electron chi connectivity index (χ2n) is 4.02. The molecule has 0 bridgehead atoms. The number of carbonyl (C=O) groups is 1. The lowest BCUT2D eigenvalue weighted by Crippen LogP contribution is -2.12. The molecule has 0 aliphatic rings. The van der Waals surface area contributed by atoms with Gasteiger partial charge in [0.15, 0.2) is 0 Å². The Bertz CT molecular complexity index is 577. The average Bonchev–Trinajstić information content (AvgIpc) is 2.91. The van der Waals surface area contributed by atoms with E-state index < -0.39 is 0 Å². The fraction of sp³-hybridized carbons (Fsp3) is 0.364. The van der Waals surface area contributed by atoms with Crippen LogP contribution in [0, 0.1) is 6.92 Å². The summed E-state index contributed by atoms with van der Waals surface area (Å²) in [7, 11) is 0. The van der Waals surface area contributed by atoms with Crippen molar-refractivity contribution in [1.29, 1.82) is 0 Å². The number of aryl methyl sites for hydroxylation is 1. The zero-order valence-electron chi connectivity index (χ0n) is 10.5. The number of primary amides is 1. The normalized spacial score (nSPS) is 10.6. The molecule has 0 aliphatic carbocycles. The van der Waals surface area contributed by atoms with Gasteiger partial charge in [-0.05, 0) is 24.9 Å². The van der Waals surface area contributed by atoms with E-state index in [2.05, 4.69) is 14.7 Å². The van der Waals surface area contributed by atoms with Crippen molar-refractivity contribution in [3.05, 3.63) is 10.4 Å². The summed E-state index contributed by atoms with van der Waals surface area (Å²) >= 11 is 2.87. The van der Waals surface area contributed by atoms with Gasteiger partial charge in [-0.15, -0.1) is 11.3 Å². The quantitative estimate of drug-likeness (QED) is 0.705. The molecule has 0 atom stereocenters. The summed E-state index contributed by atoms with van der Waals surface area (Å²) < 4.78 is 4.15. The topological polar surface area (TPSA) is 107 Å². The lowest BCUT2D eigenvalue weighted by Gasteiger charge is -2.04. The lowest BCUT2D eigenvalue weighted by molar-refractivity contribution is -0.118. The molecule has 2 heterocycles. The van der Waals surface area contributed by atoms with Crippen LogP contribution in [0.3, 0.4) is 0 Å². The highest BCUT2D eigenvalue weighted by Crippen LogP contribution is 2.36. The number of rotatable bonds is 6. The highest BCUT2D eigenvalue weighted by molar-refractivity contribution is 7.11. The third-order valence-electron chi connectivity index (χ3n) is 2.48. The molecule has 102 valence electrons. The van der Waals surface area contributed by atoms with Crippen molar-refractivity contribution in [2.45, 2.75) is 19.8 Å². The molecule has 0 saturated carbocycles. The minimum absolute atomic E-state index is 0.291. The van der Waals surface area contributed by atoms with E-state index in [9.17, 15) is 4.79 Å². The third-order valence-corrected chi connectivity index (χ3v) is 4.07. The number of nitrogen functional groups attached to an aromatic ring is 1. The van der Waals surface area contributed by atoms with Crippen LogP contribution >= 0.6 is 22.9 Å². The van der Waals surface area contributed by atoms with Crippen LogP contribution in [-0.2, 0) is 4.79 Å². The second kappa shape index (κ2) is 5.98. The molecule has 0 aromatic carbocycles. The van der Waals surface area contributed by atoms with Crippen LogP contribution in [0.4, 0.5) is 10.8 Å². The fourth-order valence-electron chi connectivity index (χ4n) is 1.61. The largest absolute Gasteiger partial charge is 0.382 e. The Morgan fingerprint density at radius 3 is 2.95 bits per heavy atom. The Hall–Kier alpha value is -1.67. The van der Waals surface area contributed by atoms with E-state index in [1.54, 1.807) is 11.3 Å². The van der Waals surface area contributed by atoms with Gasteiger partial charge in [-0.2, -0.15) is 4.37 Å². The summed E-state index contributed by atoms with van der Waals surface area (Å²) in [5, 5.41) is 7.06. The molecular formula is C11H15N5OS2. The van der Waals surface area contributed by atoms with Crippen molar-refractivity contribution >= 4 is 39.6 Å². The van der Waals surface area contributed by atoms with Crippen LogP contribution in [0.5, 0.6) is 0 Å². The van der Waals surface area contributed by atoms with E-state index in [0.717, 1.165) is 21.3 Å². The molecule has 2 rings (SSSR count). The molecule has 0 fully saturated rings. The number of carbonyl (C=O) groups excluding carboxylic acids is 1. The maximum atomic E-state index is 10.7. The third kappa shape index (κ3) is 3.42. The van der Waals surface area contributed by atoms with Gasteiger partial charge in [-0.3, -0.25) is 4.79 Å². The van der Waals surface area contributed by atoms with Crippen LogP contribution < -0.4 is 16.8 Å². The number of hydrogen-bond donors (Lipinski definition) is 3. The Morgan fingerprint density at radius 1 is 1.53 bits per heavy atom. The van der Waals surface area contributed by atoms with Crippen molar-refractivity contribution in [1.82, 2.24) is 9.36 Å². The van der Waals surface area contributed by atoms with Crippen LogP contribution in [0.15, 0.2) is 5.38 Å². The van der Waals surface area contributed by atoms with Gasteiger partial charge >= 0.3 is 0 Å². The maximum absolute atomic E-state index is 10.7. The minimum atomic E-state index is -0.291. The lowest BCUT2D eigenvalue weighted by atomic mass is 10.2. The molecule has 8 heteroatoms. The van der Waals surface area contributed by atoms with E-state index in [0.29, 0.717) is 25.2 Å². The standard InChI is InChI=1S/C11H15N5OS2/c1-6-15-7(5-18-6)9-10(13)16-19-11(9)14-4-2-3-8(12)17/h5,14H,2-4H2,1H3,(H2,12,17)(H2,13,16). The predicted molar refractivity (Wildman–Crippen MR) is 79.3 cm³/mol. The van der Waals surface area contributed by atoms with Gasteiger partial charge in [-0.25, -0.2) is 4.98 Å². The summed E-state index contributed by atoms with van der Waals surface area (Å²) in [6.45, 7) is 2.60. The van der Waals surface area contributed by atoms with Gasteiger partial charge in [-0.1, -0.05) is 0 Å². The molecule has 0 radical (unpaired) electrons. The number of hydrogen-bond acceptors (Lipinski definition) is 7. The Morgan fingerprint density at radius 2 is 2.32 bits per heavy atom. The zero-order valence-corrected chi connectivity index (χ0v) is 12.1. The number of anilines is 2. The molecule has 2 aromatic heterocycles. The van der Waals surface area contributed by atoms with E-state index in [1.165, 1.54) is 11.5 Å². The van der Waals surface area contributed by atoms with E-state index in [-0.39, 0.29) is 5.91 Å². The molecular weight excluding hydrogens is 282 g/mol. The van der Waals surface area contributed by atoms with Crippen molar-refractivity contribution in [3.63, 3.8) is 0 Å². The van der Waals surface area contributed by atoms with Crippen molar-refractivity contribution in [2.75, 3.05) is 17.6 Å². The summed E-state index contributed by atoms with van der Waals surface area (Å²) in [6, 6.07) is 0. The van der Waals surface area contributed by atoms with Crippen molar-refractivity contribution in [2.24, 2.45) is 5.73 Å². The summed E-state index contributed by atoms with van der Waals surface area (Å²) in [6.07, 6.45) is 1.05. The van der Waals surface area contributed by atoms with Gasteiger partial charge in [0, 0.05) is 18.3 Å². The highest BCUT2D eigenvalue weighted by atomic mass is 32.1. The van der Waals surface area contributed by atoms with Crippen molar-refractivity contribution < 1.29 is 4.79 Å². The monoisotopic (exact) mass is 297 g/mol. The summed E-state index contributed by atoms with van der Waals surface area (Å²) in [4.78, 5) is 15.1. The summed E-state index contributed by atoms with van der Waals surface area (Å²) in [5.41, 5.74) is 12.7. The molecule has 6 nitrogen and oxygen atoms in total. The second-order valence-corrected chi connectivity index (χ2v) is 5.86. The van der Waals surface area contributed by atoms with Gasteiger partial charge in [0.1, 0.15) is 10.8 Å². The Balaban J connectivity index is 2.08. The molecule has 2 aromatic rings. The number of nitrogens with two attached hydrogens (primary N) is 2. The fourth-order valence-corrected chi connectivity index (χ4v) is 2.97. The van der Waals surface area contributed by atoms with Gasteiger partial charge < -0.3 is 16.8 Å². The summed E-state index contributed by atoms with van der Waals surface area (Å²) in [5.74, 6) is 0.189. The Kier molecular flexibility index (Phi) is 4.33.